The number of nitrogens with zero attached hydrogens (tertiary/aromatic N) is 5. The van der Waals surface area contributed by atoms with Gasteiger partial charge in [-0.05, 0) is 81.0 Å². The number of alkyl halides is 3. The minimum Gasteiger partial charge on any atom is -0.380 e. The number of aryl methyl sites for hydroxylation is 1. The number of hydrogen-bond acceptors (Lipinski definition) is 7. The average molecular weight is 567 g/mol. The van der Waals surface area contributed by atoms with E-state index < -0.39 is 35.3 Å². The highest BCUT2D eigenvalue weighted by Crippen LogP contribution is 2.57. The maximum Gasteiger partial charge on any atom is 0.392 e. The molecule has 216 valence electrons. The lowest BCUT2D eigenvalue weighted by Crippen LogP contribution is -2.60. The molecule has 2 fully saturated rings. The Kier molecular flexibility index (Phi) is 6.67. The van der Waals surface area contributed by atoms with Crippen LogP contribution in [-0.2, 0) is 7.05 Å². The molecular formula is C26H31F5N8O. The lowest BCUT2D eigenvalue weighted by molar-refractivity contribution is -0.148. The third kappa shape index (κ3) is 5.67. The molecular weight excluding hydrogens is 535 g/mol. The molecule has 0 radical (unpaired) electrons. The molecule has 2 atom stereocenters. The number of pyridine rings is 1. The van der Waals surface area contributed by atoms with Gasteiger partial charge in [-0.3, -0.25) is 0 Å². The molecule has 3 N–H and O–H groups in total. The minimum absolute atomic E-state index is 0.00136. The summed E-state index contributed by atoms with van der Waals surface area (Å²) in [5.41, 5.74) is -1.11. The predicted molar refractivity (Wildman–Crippen MR) is 139 cm³/mol. The predicted octanol–water partition coefficient (Wildman–Crippen LogP) is 4.77. The second-order valence-corrected chi connectivity index (χ2v) is 12.0. The van der Waals surface area contributed by atoms with E-state index in [0.29, 0.717) is 0 Å². The van der Waals surface area contributed by atoms with Crippen molar-refractivity contribution in [2.24, 2.45) is 13.0 Å². The largest absolute Gasteiger partial charge is 0.392 e. The van der Waals surface area contributed by atoms with Crippen LogP contribution in [0.25, 0.3) is 5.69 Å². The van der Waals surface area contributed by atoms with Gasteiger partial charge in [-0.2, -0.15) is 22.5 Å². The van der Waals surface area contributed by atoms with Crippen molar-refractivity contribution in [1.82, 2.24) is 30.1 Å². The van der Waals surface area contributed by atoms with E-state index in [4.69, 9.17) is 0 Å². The van der Waals surface area contributed by atoms with Gasteiger partial charge in [-0.15, -0.1) is 0 Å². The Labute approximate surface area is 227 Å². The zero-order valence-corrected chi connectivity index (χ0v) is 22.7. The molecule has 1 aromatic carbocycles. The van der Waals surface area contributed by atoms with Gasteiger partial charge in [0.1, 0.15) is 11.6 Å². The molecule has 1 saturated heterocycles. The standard InChI is InChI=1S/C26H31F5N8O/c1-24(2)10-13(11-25(3,4)35-24)33-20-9-22(32-12-18(20)28)34-19-8-21(39-23(40)38(5)36-37-39)15(7-17(19)27)14-6-16(14)26(29,30)31/h7-9,12-14,16,35H,6,10-11H2,1-5H3,(H2,32,33,34)/t14-,16+/m1/s1. The molecule has 14 heteroatoms. The molecule has 3 heterocycles. The zero-order valence-electron chi connectivity index (χ0n) is 22.7. The maximum atomic E-state index is 15.3. The lowest BCUT2D eigenvalue weighted by atomic mass is 9.79. The van der Waals surface area contributed by atoms with Gasteiger partial charge in [0.05, 0.1) is 29.2 Å². The topological polar surface area (TPSA) is 102 Å². The molecule has 1 saturated carbocycles. The first-order valence-electron chi connectivity index (χ1n) is 12.9. The molecule has 0 unspecified atom stereocenters. The number of piperidine rings is 1. The number of hydrogen-bond donors (Lipinski definition) is 3. The van der Waals surface area contributed by atoms with E-state index in [1.807, 2.05) is 0 Å². The summed E-state index contributed by atoms with van der Waals surface area (Å²) in [4.78, 5) is 16.6. The number of aromatic nitrogens is 5. The van der Waals surface area contributed by atoms with Gasteiger partial charge < -0.3 is 16.0 Å². The molecule has 9 nitrogen and oxygen atoms in total. The molecule has 2 aromatic heterocycles. The first-order chi connectivity index (χ1) is 18.5. The number of halogens is 5. The Bertz CT molecular complexity index is 1480. The number of nitrogens with one attached hydrogen (secondary N) is 3. The van der Waals surface area contributed by atoms with Crippen molar-refractivity contribution >= 4 is 17.2 Å². The van der Waals surface area contributed by atoms with E-state index in [2.05, 4.69) is 59.1 Å². The summed E-state index contributed by atoms with van der Waals surface area (Å²) in [6.07, 6.45) is -2.22. The molecule has 0 bridgehead atoms. The van der Waals surface area contributed by atoms with Crippen LogP contribution in [0.2, 0.25) is 0 Å². The maximum absolute atomic E-state index is 15.3. The van der Waals surface area contributed by atoms with E-state index in [9.17, 15) is 22.4 Å². The van der Waals surface area contributed by atoms with E-state index >= 15 is 4.39 Å². The normalized spacial score (nSPS) is 22.2. The van der Waals surface area contributed by atoms with Crippen LogP contribution in [0.5, 0.6) is 0 Å². The summed E-state index contributed by atoms with van der Waals surface area (Å²) >= 11 is 0. The summed E-state index contributed by atoms with van der Waals surface area (Å²) in [6.45, 7) is 8.29. The highest BCUT2D eigenvalue weighted by molar-refractivity contribution is 5.66. The number of rotatable bonds is 6. The number of anilines is 3. The van der Waals surface area contributed by atoms with Crippen LogP contribution < -0.4 is 21.6 Å². The van der Waals surface area contributed by atoms with Crippen molar-refractivity contribution in [2.75, 3.05) is 10.6 Å². The van der Waals surface area contributed by atoms with E-state index in [1.165, 1.54) is 19.2 Å². The van der Waals surface area contributed by atoms with Crippen molar-refractivity contribution in [3.05, 3.63) is 52.1 Å². The summed E-state index contributed by atoms with van der Waals surface area (Å²) in [6, 6.07) is 3.52. The second-order valence-electron chi connectivity index (χ2n) is 12.0. The summed E-state index contributed by atoms with van der Waals surface area (Å²) < 4.78 is 71.8. The average Bonchev–Trinajstić information content (AvgIpc) is 3.56. The Morgan fingerprint density at radius 3 is 2.25 bits per heavy atom. The minimum atomic E-state index is -4.46. The quantitative estimate of drug-likeness (QED) is 0.370. The van der Waals surface area contributed by atoms with E-state index in [0.717, 1.165) is 34.5 Å². The van der Waals surface area contributed by atoms with Gasteiger partial charge >= 0.3 is 11.9 Å². The fourth-order valence-electron chi connectivity index (χ4n) is 5.92. The van der Waals surface area contributed by atoms with Gasteiger partial charge in [0.15, 0.2) is 5.82 Å². The fraction of sp³-hybridized carbons (Fsp3) is 0.538. The third-order valence-electron chi connectivity index (χ3n) is 7.34. The molecule has 5 rings (SSSR count). The summed E-state index contributed by atoms with van der Waals surface area (Å²) in [5, 5.41) is 17.0. The van der Waals surface area contributed by atoms with Crippen LogP contribution in [0.15, 0.2) is 29.2 Å². The van der Waals surface area contributed by atoms with Gasteiger partial charge in [-0.1, -0.05) is 0 Å². The summed E-state index contributed by atoms with van der Waals surface area (Å²) in [5.74, 6) is -4.01. The van der Waals surface area contributed by atoms with Crippen molar-refractivity contribution in [2.45, 2.75) is 76.2 Å². The fourth-order valence-corrected chi connectivity index (χ4v) is 5.92. The van der Waals surface area contributed by atoms with E-state index in [1.54, 1.807) is 0 Å². The van der Waals surface area contributed by atoms with Crippen LogP contribution in [0.4, 0.5) is 39.1 Å². The van der Waals surface area contributed by atoms with Gasteiger partial charge in [0.2, 0.25) is 0 Å². The molecule has 2 aliphatic rings. The first kappa shape index (κ1) is 28.0. The summed E-state index contributed by atoms with van der Waals surface area (Å²) in [7, 11) is 1.34. The van der Waals surface area contributed by atoms with Gasteiger partial charge in [-0.25, -0.2) is 18.6 Å². The van der Waals surface area contributed by atoms with Crippen LogP contribution >= 0.6 is 0 Å². The number of tetrazole rings is 1. The van der Waals surface area contributed by atoms with Crippen LogP contribution in [0.1, 0.15) is 58.4 Å². The van der Waals surface area contributed by atoms with Gasteiger partial charge in [0, 0.05) is 30.2 Å². The molecule has 1 aliphatic carbocycles. The van der Waals surface area contributed by atoms with Gasteiger partial charge in [0.25, 0.3) is 0 Å². The smallest absolute Gasteiger partial charge is 0.380 e. The Morgan fingerprint density at radius 2 is 1.68 bits per heavy atom. The third-order valence-corrected chi connectivity index (χ3v) is 7.34. The Balaban J connectivity index is 1.46. The van der Waals surface area contributed by atoms with Crippen LogP contribution in [-0.4, -0.2) is 48.1 Å². The van der Waals surface area contributed by atoms with E-state index in [-0.39, 0.29) is 52.0 Å². The lowest BCUT2D eigenvalue weighted by Gasteiger charge is -2.47. The highest BCUT2D eigenvalue weighted by Gasteiger charge is 2.57. The SMILES string of the molecule is Cn1nnn(-c2cc(Nc3cc(NC4CC(C)(C)NC(C)(C)C4)c(F)cn3)c(F)cc2[C@H]2C[C@@H]2C(F)(F)F)c1=O. The van der Waals surface area contributed by atoms with Crippen molar-refractivity contribution in [3.8, 4) is 5.69 Å². The molecule has 1 aliphatic heterocycles. The Morgan fingerprint density at radius 1 is 1.00 bits per heavy atom. The monoisotopic (exact) mass is 566 g/mol. The van der Waals surface area contributed by atoms with Crippen LogP contribution in [0.3, 0.4) is 0 Å². The highest BCUT2D eigenvalue weighted by atomic mass is 19.4. The van der Waals surface area contributed by atoms with Crippen molar-refractivity contribution in [3.63, 3.8) is 0 Å². The number of benzene rings is 1. The van der Waals surface area contributed by atoms with Crippen molar-refractivity contribution in [1.29, 1.82) is 0 Å². The Hall–Kier alpha value is -3.55. The molecule has 3 aromatic rings. The first-order valence-corrected chi connectivity index (χ1v) is 12.9. The molecule has 0 spiro atoms. The molecule has 40 heavy (non-hydrogen) atoms. The second kappa shape index (κ2) is 9.53. The zero-order chi connectivity index (χ0) is 29.2. The van der Waals surface area contributed by atoms with Crippen molar-refractivity contribution < 1.29 is 22.0 Å². The van der Waals surface area contributed by atoms with Crippen LogP contribution in [0, 0.1) is 17.6 Å². The molecule has 0 amide bonds.